The molecule has 17 heavy (non-hydrogen) atoms. The Morgan fingerprint density at radius 3 is 2.76 bits per heavy atom. The lowest BCUT2D eigenvalue weighted by molar-refractivity contribution is 1.04. The number of nitriles is 1. The van der Waals surface area contributed by atoms with Gasteiger partial charge in [-0.15, -0.1) is 11.3 Å². The number of rotatable bonds is 3. The van der Waals surface area contributed by atoms with Crippen LogP contribution in [-0.2, 0) is 6.54 Å². The summed E-state index contributed by atoms with van der Waals surface area (Å²) in [5.74, 6) is 0.500. The average molecular weight is 245 g/mol. The summed E-state index contributed by atoms with van der Waals surface area (Å²) >= 11 is 1.64. The van der Waals surface area contributed by atoms with E-state index in [1.165, 1.54) is 11.1 Å². The van der Waals surface area contributed by atoms with Gasteiger partial charge in [0.25, 0.3) is 0 Å². The second kappa shape index (κ2) is 4.89. The first-order valence-corrected chi connectivity index (χ1v) is 5.90. The van der Waals surface area contributed by atoms with Gasteiger partial charge in [0.15, 0.2) is 11.5 Å². The molecule has 0 saturated carbocycles. The van der Waals surface area contributed by atoms with Gasteiger partial charge in [-0.2, -0.15) is 5.26 Å². The molecule has 0 atom stereocenters. The molecule has 6 heteroatoms. The van der Waals surface area contributed by atoms with Gasteiger partial charge < -0.3 is 5.32 Å². The molecule has 0 unspecified atom stereocenters. The molecule has 86 valence electrons. The van der Waals surface area contributed by atoms with Gasteiger partial charge in [-0.05, 0) is 13.8 Å². The van der Waals surface area contributed by atoms with E-state index in [0.29, 0.717) is 18.1 Å². The van der Waals surface area contributed by atoms with Crippen molar-refractivity contribution in [3.63, 3.8) is 0 Å². The van der Waals surface area contributed by atoms with Crippen LogP contribution in [-0.4, -0.2) is 15.0 Å². The second-order valence-corrected chi connectivity index (χ2v) is 4.76. The number of hydrogen-bond acceptors (Lipinski definition) is 6. The molecule has 0 aromatic carbocycles. The van der Waals surface area contributed by atoms with E-state index < -0.39 is 0 Å². The number of anilines is 1. The van der Waals surface area contributed by atoms with Gasteiger partial charge in [-0.3, -0.25) is 0 Å². The van der Waals surface area contributed by atoms with Crippen LogP contribution in [0, 0.1) is 25.2 Å². The molecule has 2 aromatic heterocycles. The lowest BCUT2D eigenvalue weighted by Crippen LogP contribution is -2.04. The minimum Gasteiger partial charge on any atom is -0.361 e. The van der Waals surface area contributed by atoms with E-state index in [9.17, 15) is 0 Å². The highest BCUT2D eigenvalue weighted by atomic mass is 32.1. The Labute approximate surface area is 103 Å². The van der Waals surface area contributed by atoms with Crippen molar-refractivity contribution in [3.8, 4) is 6.07 Å². The van der Waals surface area contributed by atoms with Crippen molar-refractivity contribution in [1.29, 1.82) is 5.26 Å². The summed E-state index contributed by atoms with van der Waals surface area (Å²) in [7, 11) is 0. The Morgan fingerprint density at radius 2 is 2.12 bits per heavy atom. The summed E-state index contributed by atoms with van der Waals surface area (Å²) in [5, 5.41) is 12.9. The Balaban J connectivity index is 2.10. The van der Waals surface area contributed by atoms with Crippen molar-refractivity contribution in [1.82, 2.24) is 15.0 Å². The highest BCUT2D eigenvalue weighted by Gasteiger charge is 2.06. The summed E-state index contributed by atoms with van der Waals surface area (Å²) in [6.07, 6.45) is 3.06. The maximum absolute atomic E-state index is 8.86. The van der Waals surface area contributed by atoms with Crippen molar-refractivity contribution >= 4 is 17.2 Å². The molecule has 0 aliphatic rings. The number of nitrogens with one attached hydrogen (secondary N) is 1. The highest BCUT2D eigenvalue weighted by Crippen LogP contribution is 2.17. The molecule has 0 bridgehead atoms. The zero-order chi connectivity index (χ0) is 12.3. The second-order valence-electron chi connectivity index (χ2n) is 3.47. The summed E-state index contributed by atoms with van der Waals surface area (Å²) in [6, 6.07) is 2.00. The summed E-state index contributed by atoms with van der Waals surface area (Å²) in [4.78, 5) is 13.6. The predicted molar refractivity (Wildman–Crippen MR) is 65.7 cm³/mol. The van der Waals surface area contributed by atoms with Crippen LogP contribution in [0.15, 0.2) is 12.4 Å². The van der Waals surface area contributed by atoms with Crippen LogP contribution in [0.1, 0.15) is 21.3 Å². The van der Waals surface area contributed by atoms with E-state index >= 15 is 0 Å². The maximum Gasteiger partial charge on any atom is 0.182 e. The zero-order valence-electron chi connectivity index (χ0n) is 9.56. The zero-order valence-corrected chi connectivity index (χ0v) is 10.4. The first-order chi connectivity index (χ1) is 8.20. The van der Waals surface area contributed by atoms with Crippen molar-refractivity contribution < 1.29 is 0 Å². The molecule has 0 aliphatic carbocycles. The topological polar surface area (TPSA) is 74.5 Å². The van der Waals surface area contributed by atoms with E-state index in [-0.39, 0.29) is 0 Å². The first-order valence-electron chi connectivity index (χ1n) is 5.08. The molecular formula is C11H11N5S. The molecule has 0 fully saturated rings. The number of thiazole rings is 1. The SMILES string of the molecule is Cc1nc(CNc2nccnc2C#N)sc1C. The van der Waals surface area contributed by atoms with E-state index in [1.54, 1.807) is 17.5 Å². The van der Waals surface area contributed by atoms with Crippen molar-refractivity contribution in [2.45, 2.75) is 20.4 Å². The number of nitrogens with zero attached hydrogens (tertiary/aromatic N) is 4. The smallest absolute Gasteiger partial charge is 0.182 e. The van der Waals surface area contributed by atoms with Crippen molar-refractivity contribution in [3.05, 3.63) is 33.7 Å². The molecule has 1 N–H and O–H groups in total. The Morgan fingerprint density at radius 1 is 1.35 bits per heavy atom. The van der Waals surface area contributed by atoms with Gasteiger partial charge >= 0.3 is 0 Å². The Hall–Kier alpha value is -2.00. The summed E-state index contributed by atoms with van der Waals surface area (Å²) < 4.78 is 0. The van der Waals surface area contributed by atoms with Gasteiger partial charge in [-0.25, -0.2) is 15.0 Å². The lowest BCUT2D eigenvalue weighted by atomic mass is 10.4. The molecular weight excluding hydrogens is 234 g/mol. The third kappa shape index (κ3) is 2.57. The quantitative estimate of drug-likeness (QED) is 0.895. The fourth-order valence-corrected chi connectivity index (χ4v) is 2.20. The molecule has 0 amide bonds. The molecule has 0 aliphatic heterocycles. The van der Waals surface area contributed by atoms with Crippen molar-refractivity contribution in [2.75, 3.05) is 5.32 Å². The number of aryl methyl sites for hydroxylation is 2. The van der Waals surface area contributed by atoms with Crippen LogP contribution < -0.4 is 5.32 Å². The molecule has 2 rings (SSSR count). The molecule has 0 spiro atoms. The van der Waals surface area contributed by atoms with Gasteiger partial charge in [0.2, 0.25) is 0 Å². The monoisotopic (exact) mass is 245 g/mol. The van der Waals surface area contributed by atoms with Crippen LogP contribution in [0.4, 0.5) is 5.82 Å². The highest BCUT2D eigenvalue weighted by molar-refractivity contribution is 7.11. The predicted octanol–water partition coefficient (Wildman–Crippen LogP) is 2.03. The Bertz CT molecular complexity index is 550. The average Bonchev–Trinajstić information content (AvgIpc) is 2.66. The van der Waals surface area contributed by atoms with Crippen LogP contribution in [0.3, 0.4) is 0 Å². The van der Waals surface area contributed by atoms with Crippen LogP contribution in [0.25, 0.3) is 0 Å². The van der Waals surface area contributed by atoms with E-state index in [2.05, 4.69) is 20.3 Å². The van der Waals surface area contributed by atoms with E-state index in [4.69, 9.17) is 5.26 Å². The first kappa shape index (κ1) is 11.5. The van der Waals surface area contributed by atoms with Crippen LogP contribution in [0.2, 0.25) is 0 Å². The summed E-state index contributed by atoms with van der Waals surface area (Å²) in [5.41, 5.74) is 1.35. The third-order valence-electron chi connectivity index (χ3n) is 2.28. The standard InChI is InChI=1S/C11H11N5S/c1-7-8(2)17-10(16-7)6-15-11-9(5-12)13-3-4-14-11/h3-4H,6H2,1-2H3,(H,14,15). The van der Waals surface area contributed by atoms with Crippen LogP contribution in [0.5, 0.6) is 0 Å². The summed E-state index contributed by atoms with van der Waals surface area (Å²) in [6.45, 7) is 4.59. The van der Waals surface area contributed by atoms with Gasteiger partial charge in [0, 0.05) is 17.3 Å². The van der Waals surface area contributed by atoms with Gasteiger partial charge in [0.05, 0.1) is 12.2 Å². The molecule has 0 radical (unpaired) electrons. The van der Waals surface area contributed by atoms with Gasteiger partial charge in [0.1, 0.15) is 11.1 Å². The van der Waals surface area contributed by atoms with Crippen molar-refractivity contribution in [2.24, 2.45) is 0 Å². The molecule has 2 heterocycles. The minimum atomic E-state index is 0.303. The molecule has 0 saturated heterocycles. The normalized spacial score (nSPS) is 9.94. The largest absolute Gasteiger partial charge is 0.361 e. The minimum absolute atomic E-state index is 0.303. The molecule has 2 aromatic rings. The third-order valence-corrected chi connectivity index (χ3v) is 3.36. The van der Waals surface area contributed by atoms with Gasteiger partial charge in [-0.1, -0.05) is 0 Å². The van der Waals surface area contributed by atoms with Crippen LogP contribution >= 0.6 is 11.3 Å². The van der Waals surface area contributed by atoms with E-state index in [0.717, 1.165) is 10.7 Å². The maximum atomic E-state index is 8.86. The fraction of sp³-hybridized carbons (Fsp3) is 0.273. The number of aromatic nitrogens is 3. The van der Waals surface area contributed by atoms with E-state index in [1.807, 2.05) is 19.9 Å². The fourth-order valence-electron chi connectivity index (χ4n) is 1.32. The number of hydrogen-bond donors (Lipinski definition) is 1. The molecule has 5 nitrogen and oxygen atoms in total. The lowest BCUT2D eigenvalue weighted by Gasteiger charge is -2.03. The Kier molecular flexibility index (Phi) is 3.30.